The molecule has 0 aliphatic heterocycles. The molecule has 5 aromatic rings. The lowest BCUT2D eigenvalue weighted by Gasteiger charge is -2.16. The number of fused-ring (bicyclic) bond motifs is 1. The van der Waals surface area contributed by atoms with E-state index in [2.05, 4.69) is 19.9 Å². The number of rotatable bonds is 7. The van der Waals surface area contributed by atoms with Gasteiger partial charge >= 0.3 is 12.5 Å². The zero-order chi connectivity index (χ0) is 26.0. The van der Waals surface area contributed by atoms with Gasteiger partial charge in [0, 0.05) is 18.6 Å². The third-order valence-electron chi connectivity index (χ3n) is 5.43. The van der Waals surface area contributed by atoms with E-state index < -0.39 is 30.7 Å². The second kappa shape index (κ2) is 9.58. The molecule has 0 fully saturated rings. The van der Waals surface area contributed by atoms with E-state index in [1.165, 1.54) is 24.4 Å². The fourth-order valence-corrected chi connectivity index (χ4v) is 3.72. The van der Waals surface area contributed by atoms with Crippen LogP contribution in [0.15, 0.2) is 91.4 Å². The molecule has 5 rings (SSSR count). The third-order valence-corrected chi connectivity index (χ3v) is 5.43. The highest BCUT2D eigenvalue weighted by Crippen LogP contribution is 2.32. The summed E-state index contributed by atoms with van der Waals surface area (Å²) in [6, 6.07) is 18.7. The Bertz CT molecular complexity index is 1520. The molecule has 6 nitrogen and oxygen atoms in total. The summed E-state index contributed by atoms with van der Waals surface area (Å²) < 4.78 is 77.3. The number of hydrogen-bond acceptors (Lipinski definition) is 5. The van der Waals surface area contributed by atoms with Crippen molar-refractivity contribution in [2.75, 3.05) is 0 Å². The highest BCUT2D eigenvalue weighted by molar-refractivity contribution is 5.65. The molecule has 0 saturated carbocycles. The Hall–Kier alpha value is -4.38. The molecule has 0 spiro atoms. The monoisotopic (exact) mass is 512 g/mol. The van der Waals surface area contributed by atoms with Gasteiger partial charge < -0.3 is 9.47 Å². The maximum atomic E-state index is 15.1. The van der Waals surface area contributed by atoms with Crippen molar-refractivity contribution in [3.8, 4) is 28.0 Å². The molecule has 3 aromatic heterocycles. The topological polar surface area (TPSA) is 61.5 Å². The largest absolute Gasteiger partial charge is 0.573 e. The van der Waals surface area contributed by atoms with Crippen molar-refractivity contribution < 1.29 is 31.4 Å². The number of nitrogens with zero attached hydrogens (tertiary/aromatic N) is 4. The molecule has 11 heteroatoms. The van der Waals surface area contributed by atoms with Gasteiger partial charge in [0.05, 0.1) is 6.61 Å². The summed E-state index contributed by atoms with van der Waals surface area (Å²) in [7, 11) is 0. The molecular weight excluding hydrogens is 495 g/mol. The summed E-state index contributed by atoms with van der Waals surface area (Å²) in [5, 5.41) is 7.40. The molecule has 0 radical (unpaired) electrons. The molecule has 0 aliphatic rings. The highest BCUT2D eigenvalue weighted by Gasteiger charge is 2.39. The molecule has 0 saturated heterocycles. The second-order valence-corrected chi connectivity index (χ2v) is 7.99. The molecule has 0 unspecified atom stereocenters. The van der Waals surface area contributed by atoms with E-state index >= 15 is 8.78 Å². The van der Waals surface area contributed by atoms with Crippen molar-refractivity contribution in [1.82, 2.24) is 19.6 Å². The Morgan fingerprint density at radius 1 is 0.757 bits per heavy atom. The minimum Gasteiger partial charge on any atom is -0.406 e. The van der Waals surface area contributed by atoms with E-state index in [0.29, 0.717) is 16.7 Å². The number of benzene rings is 2. The molecule has 2 aromatic carbocycles. The lowest BCUT2D eigenvalue weighted by atomic mass is 10.1. The number of pyridine rings is 2. The maximum absolute atomic E-state index is 15.1. The molecule has 0 amide bonds. The molecule has 188 valence electrons. The molecule has 0 aliphatic carbocycles. The quantitative estimate of drug-likeness (QED) is 0.229. The zero-order valence-corrected chi connectivity index (χ0v) is 18.9. The predicted molar refractivity (Wildman–Crippen MR) is 123 cm³/mol. The van der Waals surface area contributed by atoms with Crippen LogP contribution in [0.25, 0.3) is 27.9 Å². The highest BCUT2D eigenvalue weighted by atomic mass is 19.4. The van der Waals surface area contributed by atoms with Gasteiger partial charge in [-0.15, -0.1) is 23.4 Å². The molecule has 0 atom stereocenters. The Morgan fingerprint density at radius 2 is 1.51 bits per heavy atom. The number of alkyl halides is 5. The molecule has 0 bridgehead atoms. The molecule has 37 heavy (non-hydrogen) atoms. The predicted octanol–water partition coefficient (Wildman–Crippen LogP) is 6.62. The van der Waals surface area contributed by atoms with Crippen LogP contribution in [-0.2, 0) is 17.5 Å². The molecule has 0 N–H and O–H groups in total. The number of aromatic nitrogens is 4. The summed E-state index contributed by atoms with van der Waals surface area (Å²) in [6.07, 6.45) is -3.92. The summed E-state index contributed by atoms with van der Waals surface area (Å²) in [6.45, 7) is -0.392. The zero-order valence-electron chi connectivity index (χ0n) is 18.9. The number of hydrogen-bond donors (Lipinski definition) is 0. The van der Waals surface area contributed by atoms with Crippen LogP contribution in [0.1, 0.15) is 11.4 Å². The first-order valence-corrected chi connectivity index (χ1v) is 10.9. The van der Waals surface area contributed by atoms with Crippen LogP contribution in [-0.4, -0.2) is 25.9 Å². The van der Waals surface area contributed by atoms with Gasteiger partial charge in [0.1, 0.15) is 5.75 Å². The van der Waals surface area contributed by atoms with E-state index in [0.717, 1.165) is 27.7 Å². The summed E-state index contributed by atoms with van der Waals surface area (Å²) in [5.41, 5.74) is 3.25. The van der Waals surface area contributed by atoms with E-state index in [-0.39, 0.29) is 5.65 Å². The number of halogens is 5. The third kappa shape index (κ3) is 5.56. The van der Waals surface area contributed by atoms with Gasteiger partial charge in [-0.1, -0.05) is 36.4 Å². The van der Waals surface area contributed by atoms with Crippen LogP contribution >= 0.6 is 0 Å². The van der Waals surface area contributed by atoms with Crippen LogP contribution in [0.2, 0.25) is 0 Å². The molecular formula is C26H17F5N4O2. The standard InChI is InChI=1S/C26H17F5N4O2/c27-25(28,36-16-17-3-1-4-19(13-17)20-5-2-12-32-14-20)24-34-33-23-11-8-21(15-35(23)24)18-6-9-22(10-7-18)37-26(29,30)31/h1-15H,16H2. The van der Waals surface area contributed by atoms with Crippen LogP contribution < -0.4 is 4.74 Å². The molecule has 3 heterocycles. The number of ether oxygens (including phenoxy) is 2. The van der Waals surface area contributed by atoms with Gasteiger partial charge in [-0.05, 0) is 64.2 Å². The Morgan fingerprint density at radius 3 is 2.24 bits per heavy atom. The average Bonchev–Trinajstić information content (AvgIpc) is 3.32. The smallest absolute Gasteiger partial charge is 0.406 e. The Labute approximate surface area is 206 Å². The second-order valence-electron chi connectivity index (χ2n) is 7.99. The van der Waals surface area contributed by atoms with Crippen LogP contribution in [0, 0.1) is 0 Å². The van der Waals surface area contributed by atoms with Crippen molar-refractivity contribution in [3.63, 3.8) is 0 Å². The maximum Gasteiger partial charge on any atom is 0.573 e. The average molecular weight is 512 g/mol. The van der Waals surface area contributed by atoms with Crippen LogP contribution in [0.5, 0.6) is 5.75 Å². The lowest BCUT2D eigenvalue weighted by molar-refractivity contribution is -0.274. The minimum absolute atomic E-state index is 0.151. The fraction of sp³-hybridized carbons (Fsp3) is 0.115. The van der Waals surface area contributed by atoms with Crippen molar-refractivity contribution >= 4 is 5.65 Å². The first kappa shape index (κ1) is 24.3. The van der Waals surface area contributed by atoms with Crippen LogP contribution in [0.4, 0.5) is 22.0 Å². The normalized spacial score (nSPS) is 12.1. The lowest BCUT2D eigenvalue weighted by Crippen LogP contribution is -2.21. The van der Waals surface area contributed by atoms with Crippen molar-refractivity contribution in [3.05, 3.63) is 103 Å². The van der Waals surface area contributed by atoms with Crippen molar-refractivity contribution in [1.29, 1.82) is 0 Å². The van der Waals surface area contributed by atoms with E-state index in [1.807, 2.05) is 12.1 Å². The summed E-state index contributed by atoms with van der Waals surface area (Å²) in [4.78, 5) is 4.07. The van der Waals surface area contributed by atoms with Gasteiger partial charge in [0.15, 0.2) is 5.65 Å². The van der Waals surface area contributed by atoms with E-state index in [4.69, 9.17) is 4.74 Å². The Balaban J connectivity index is 1.36. The van der Waals surface area contributed by atoms with Crippen molar-refractivity contribution in [2.24, 2.45) is 0 Å². The van der Waals surface area contributed by atoms with E-state index in [1.54, 1.807) is 42.7 Å². The first-order chi connectivity index (χ1) is 17.7. The minimum atomic E-state index is -4.82. The van der Waals surface area contributed by atoms with Gasteiger partial charge in [-0.3, -0.25) is 9.38 Å². The van der Waals surface area contributed by atoms with E-state index in [9.17, 15) is 13.2 Å². The summed E-state index contributed by atoms with van der Waals surface area (Å²) in [5.74, 6) is -1.13. The summed E-state index contributed by atoms with van der Waals surface area (Å²) >= 11 is 0. The van der Waals surface area contributed by atoms with Gasteiger partial charge in [0.2, 0.25) is 5.82 Å². The van der Waals surface area contributed by atoms with Gasteiger partial charge in [-0.25, -0.2) is 0 Å². The van der Waals surface area contributed by atoms with Crippen molar-refractivity contribution in [2.45, 2.75) is 19.1 Å². The SMILES string of the molecule is FC(F)(F)Oc1ccc(-c2ccc3nnc(C(F)(F)OCc4cccc(-c5cccnc5)c4)n3c2)cc1. The fourth-order valence-electron chi connectivity index (χ4n) is 3.72. The van der Waals surface area contributed by atoms with Crippen LogP contribution in [0.3, 0.4) is 0 Å². The van der Waals surface area contributed by atoms with Gasteiger partial charge in [-0.2, -0.15) is 8.78 Å². The first-order valence-electron chi connectivity index (χ1n) is 10.9. The Kier molecular flexibility index (Phi) is 6.30. The van der Waals surface area contributed by atoms with Gasteiger partial charge in [0.25, 0.3) is 0 Å².